The van der Waals surface area contributed by atoms with E-state index in [-0.39, 0.29) is 0 Å². The highest BCUT2D eigenvalue weighted by Crippen LogP contribution is 2.59. The second kappa shape index (κ2) is 8.40. The fraction of sp³-hybridized carbons (Fsp3) is 0.407. The molecule has 1 saturated carbocycles. The zero-order valence-electron chi connectivity index (χ0n) is 20.9. The SMILES string of the molecule is CN1Cc2cc(Nc3ncc(C#N)c(Nc4cccc(P(C)(C)=O)n4)n3)cc3c2C(CCC32CC2)C1. The standard InChI is InChI=1S/C27H30N7OP/c1-34-15-17-7-8-27(9-10-27)21-12-20(11-18(16-34)24(17)21)30-26-29-14-19(13-28)25(33-26)32-22-5-4-6-23(31-22)36(2,3)35/h4-6,11-12,14,17H,7-10,15-16H2,1-3H3,(H2,29,30,31,32,33). The number of nitriles is 1. The van der Waals surface area contributed by atoms with Crippen molar-refractivity contribution >= 4 is 35.8 Å². The van der Waals surface area contributed by atoms with Gasteiger partial charge in [0.15, 0.2) is 5.82 Å². The molecular weight excluding hydrogens is 469 g/mol. The van der Waals surface area contributed by atoms with Gasteiger partial charge in [0.25, 0.3) is 0 Å². The molecular formula is C27H30N7OP. The van der Waals surface area contributed by atoms with Gasteiger partial charge >= 0.3 is 0 Å². The first-order valence-electron chi connectivity index (χ1n) is 12.4. The molecule has 1 atom stereocenters. The number of nitrogens with one attached hydrogen (secondary N) is 2. The quantitative estimate of drug-likeness (QED) is 0.481. The van der Waals surface area contributed by atoms with Gasteiger partial charge in [0, 0.05) is 18.8 Å². The fourth-order valence-electron chi connectivity index (χ4n) is 5.81. The van der Waals surface area contributed by atoms with Gasteiger partial charge in [-0.2, -0.15) is 10.2 Å². The van der Waals surface area contributed by atoms with Gasteiger partial charge in [-0.15, -0.1) is 0 Å². The van der Waals surface area contributed by atoms with Gasteiger partial charge in [-0.3, -0.25) is 0 Å². The number of hydrogen-bond donors (Lipinski definition) is 2. The summed E-state index contributed by atoms with van der Waals surface area (Å²) in [4.78, 5) is 15.9. The van der Waals surface area contributed by atoms with E-state index in [1.165, 1.54) is 43.0 Å². The van der Waals surface area contributed by atoms with E-state index >= 15 is 0 Å². The summed E-state index contributed by atoms with van der Waals surface area (Å²) in [6, 6.07) is 12.0. The van der Waals surface area contributed by atoms with Crippen LogP contribution in [0.3, 0.4) is 0 Å². The molecule has 3 aromatic rings. The molecule has 1 fully saturated rings. The monoisotopic (exact) mass is 499 g/mol. The molecule has 184 valence electrons. The Balaban J connectivity index is 1.33. The highest BCUT2D eigenvalue weighted by atomic mass is 31.2. The summed E-state index contributed by atoms with van der Waals surface area (Å²) in [7, 11) is -0.317. The van der Waals surface area contributed by atoms with Gasteiger partial charge in [-0.1, -0.05) is 6.07 Å². The minimum Gasteiger partial charge on any atom is -0.324 e. The summed E-state index contributed by atoms with van der Waals surface area (Å²) < 4.78 is 12.5. The van der Waals surface area contributed by atoms with Crippen LogP contribution in [-0.4, -0.2) is 46.8 Å². The second-order valence-electron chi connectivity index (χ2n) is 10.9. The third-order valence-corrected chi connectivity index (χ3v) is 9.09. The molecule has 6 rings (SSSR count). The number of pyridine rings is 1. The zero-order chi connectivity index (χ0) is 25.1. The van der Waals surface area contributed by atoms with E-state index in [9.17, 15) is 9.83 Å². The van der Waals surface area contributed by atoms with E-state index in [0.717, 1.165) is 18.8 Å². The molecule has 1 spiro atoms. The smallest absolute Gasteiger partial charge is 0.229 e. The minimum absolute atomic E-state index is 0.311. The van der Waals surface area contributed by atoms with Crippen LogP contribution in [-0.2, 0) is 16.5 Å². The van der Waals surface area contributed by atoms with Gasteiger partial charge in [0.1, 0.15) is 30.0 Å². The summed E-state index contributed by atoms with van der Waals surface area (Å²) in [6.07, 6.45) is 6.63. The molecule has 2 aromatic heterocycles. The van der Waals surface area contributed by atoms with E-state index in [2.05, 4.69) is 55.7 Å². The number of anilines is 4. The van der Waals surface area contributed by atoms with E-state index in [1.807, 2.05) is 0 Å². The first-order valence-corrected chi connectivity index (χ1v) is 15.0. The molecule has 3 heterocycles. The van der Waals surface area contributed by atoms with Gasteiger partial charge in [-0.25, -0.2) is 9.97 Å². The third kappa shape index (κ3) is 4.17. The number of likely N-dealkylation sites (N-methyl/N-ethyl adjacent to an activating group) is 1. The first kappa shape index (κ1) is 23.1. The summed E-state index contributed by atoms with van der Waals surface area (Å²) >= 11 is 0. The van der Waals surface area contributed by atoms with Crippen LogP contribution in [0.5, 0.6) is 0 Å². The Kier molecular flexibility index (Phi) is 5.40. The second-order valence-corrected chi connectivity index (χ2v) is 14.0. The zero-order valence-corrected chi connectivity index (χ0v) is 21.8. The summed E-state index contributed by atoms with van der Waals surface area (Å²) in [5.74, 6) is 1.89. The molecule has 0 saturated heterocycles. The normalized spacial score (nSPS) is 19.9. The van der Waals surface area contributed by atoms with Crippen molar-refractivity contribution in [3.8, 4) is 6.07 Å². The van der Waals surface area contributed by atoms with Gasteiger partial charge in [0.2, 0.25) is 5.95 Å². The molecule has 1 unspecified atom stereocenters. The molecule has 0 bridgehead atoms. The molecule has 3 aliphatic rings. The van der Waals surface area contributed by atoms with Crippen LogP contribution in [0.2, 0.25) is 0 Å². The highest BCUT2D eigenvalue weighted by Gasteiger charge is 2.50. The summed E-state index contributed by atoms with van der Waals surface area (Å²) in [5.41, 5.74) is 6.69. The Bertz CT molecular complexity index is 1450. The number of nitrogens with zero attached hydrogens (tertiary/aromatic N) is 5. The highest BCUT2D eigenvalue weighted by molar-refractivity contribution is 7.69. The molecule has 36 heavy (non-hydrogen) atoms. The lowest BCUT2D eigenvalue weighted by atomic mass is 9.71. The summed E-state index contributed by atoms with van der Waals surface area (Å²) in [5, 5.41) is 16.2. The maximum absolute atomic E-state index is 12.5. The predicted octanol–water partition coefficient (Wildman–Crippen LogP) is 4.83. The number of hydrogen-bond acceptors (Lipinski definition) is 8. The Morgan fingerprint density at radius 2 is 2.00 bits per heavy atom. The van der Waals surface area contributed by atoms with Crippen LogP contribution in [0.1, 0.15) is 53.9 Å². The topological polar surface area (TPSA) is 107 Å². The molecule has 2 N–H and O–H groups in total. The van der Waals surface area contributed by atoms with Crippen molar-refractivity contribution in [1.29, 1.82) is 5.26 Å². The summed E-state index contributed by atoms with van der Waals surface area (Å²) in [6.45, 7) is 5.46. The van der Waals surface area contributed by atoms with Gasteiger partial charge in [0.05, 0.1) is 6.20 Å². The van der Waals surface area contributed by atoms with Gasteiger partial charge < -0.3 is 20.1 Å². The van der Waals surface area contributed by atoms with Crippen molar-refractivity contribution in [2.24, 2.45) is 0 Å². The van der Waals surface area contributed by atoms with Crippen molar-refractivity contribution < 1.29 is 4.57 Å². The molecule has 0 amide bonds. The van der Waals surface area contributed by atoms with Crippen molar-refractivity contribution in [3.05, 3.63) is 58.8 Å². The number of benzene rings is 1. The molecule has 1 aromatic carbocycles. The average molecular weight is 500 g/mol. The van der Waals surface area contributed by atoms with Crippen molar-refractivity contribution in [1.82, 2.24) is 19.9 Å². The maximum Gasteiger partial charge on any atom is 0.229 e. The van der Waals surface area contributed by atoms with Crippen molar-refractivity contribution in [2.45, 2.75) is 43.6 Å². The average Bonchev–Trinajstić information content (AvgIpc) is 3.61. The van der Waals surface area contributed by atoms with Crippen molar-refractivity contribution in [2.75, 3.05) is 37.6 Å². The van der Waals surface area contributed by atoms with E-state index < -0.39 is 7.14 Å². The lowest BCUT2D eigenvalue weighted by Crippen LogP contribution is -2.35. The molecule has 9 heteroatoms. The first-order chi connectivity index (χ1) is 17.2. The third-order valence-electron chi connectivity index (χ3n) is 7.74. The predicted molar refractivity (Wildman–Crippen MR) is 142 cm³/mol. The lowest BCUT2D eigenvalue weighted by molar-refractivity contribution is 0.259. The minimum atomic E-state index is -2.52. The van der Waals surface area contributed by atoms with Crippen LogP contribution in [0.4, 0.5) is 23.3 Å². The fourth-order valence-corrected chi connectivity index (χ4v) is 6.61. The van der Waals surface area contributed by atoms with Crippen LogP contribution >= 0.6 is 7.14 Å². The molecule has 0 radical (unpaired) electrons. The number of aromatic nitrogens is 3. The number of rotatable bonds is 5. The van der Waals surface area contributed by atoms with Crippen molar-refractivity contribution in [3.63, 3.8) is 0 Å². The van der Waals surface area contributed by atoms with E-state index in [4.69, 9.17) is 0 Å². The Hall–Kier alpha value is -3.27. The van der Waals surface area contributed by atoms with Crippen LogP contribution < -0.4 is 16.1 Å². The molecule has 8 nitrogen and oxygen atoms in total. The van der Waals surface area contributed by atoms with E-state index in [1.54, 1.807) is 37.1 Å². The Morgan fingerprint density at radius 1 is 1.17 bits per heavy atom. The number of fused-ring (bicyclic) bond motifs is 1. The molecule has 1 aliphatic heterocycles. The van der Waals surface area contributed by atoms with E-state index in [0.29, 0.717) is 39.9 Å². The lowest BCUT2D eigenvalue weighted by Gasteiger charge is -2.40. The maximum atomic E-state index is 12.5. The Morgan fingerprint density at radius 3 is 2.75 bits per heavy atom. The molecule has 2 aliphatic carbocycles. The largest absolute Gasteiger partial charge is 0.324 e. The van der Waals surface area contributed by atoms with Crippen LogP contribution in [0, 0.1) is 11.3 Å². The van der Waals surface area contributed by atoms with Crippen LogP contribution in [0.25, 0.3) is 0 Å². The van der Waals surface area contributed by atoms with Gasteiger partial charge in [-0.05, 0) is 98.3 Å². The van der Waals surface area contributed by atoms with Crippen LogP contribution in [0.15, 0.2) is 36.5 Å². The Labute approximate surface area is 211 Å².